The van der Waals surface area contributed by atoms with E-state index in [1.165, 1.54) is 0 Å². The van der Waals surface area contributed by atoms with Crippen LogP contribution in [-0.4, -0.2) is 31.2 Å². The maximum absolute atomic E-state index is 12.2. The third-order valence-electron chi connectivity index (χ3n) is 3.93. The molecule has 1 heterocycles. The highest BCUT2D eigenvalue weighted by atomic mass is 32.2. The standard InChI is InChI=1S/C14H23N3O2S/c15-12-14(8-3-1-4-9-14)17-20(18,19)11-7-13-6-2-5-10-16-13/h2,5-6,10,17H,1,3-4,7-9,11-12,15H2. The van der Waals surface area contributed by atoms with Crippen LogP contribution in [0.3, 0.4) is 0 Å². The molecule has 0 spiro atoms. The maximum atomic E-state index is 12.2. The molecule has 3 N–H and O–H groups in total. The van der Waals surface area contributed by atoms with Crippen molar-refractivity contribution in [2.75, 3.05) is 12.3 Å². The summed E-state index contributed by atoms with van der Waals surface area (Å²) in [6.45, 7) is 0.371. The van der Waals surface area contributed by atoms with Gasteiger partial charge in [0.05, 0.1) is 5.75 Å². The van der Waals surface area contributed by atoms with Crippen molar-refractivity contribution in [3.05, 3.63) is 30.1 Å². The predicted octanol–water partition coefficient (Wildman–Crippen LogP) is 1.21. The number of nitrogens with two attached hydrogens (primary N) is 1. The lowest BCUT2D eigenvalue weighted by Gasteiger charge is -2.36. The topological polar surface area (TPSA) is 85.1 Å². The zero-order valence-corrected chi connectivity index (χ0v) is 12.5. The van der Waals surface area contributed by atoms with Gasteiger partial charge in [0.1, 0.15) is 0 Å². The molecule has 1 saturated carbocycles. The van der Waals surface area contributed by atoms with E-state index in [9.17, 15) is 8.42 Å². The first-order valence-electron chi connectivity index (χ1n) is 7.17. The van der Waals surface area contributed by atoms with Crippen molar-refractivity contribution in [1.82, 2.24) is 9.71 Å². The van der Waals surface area contributed by atoms with E-state index in [0.717, 1.165) is 37.8 Å². The highest BCUT2D eigenvalue weighted by molar-refractivity contribution is 7.89. The van der Waals surface area contributed by atoms with Gasteiger partial charge in [0.15, 0.2) is 0 Å². The van der Waals surface area contributed by atoms with Crippen molar-refractivity contribution < 1.29 is 8.42 Å². The van der Waals surface area contributed by atoms with E-state index < -0.39 is 15.6 Å². The van der Waals surface area contributed by atoms with Gasteiger partial charge in [0, 0.05) is 30.4 Å². The summed E-state index contributed by atoms with van der Waals surface area (Å²) < 4.78 is 27.3. The van der Waals surface area contributed by atoms with Crippen LogP contribution in [0.4, 0.5) is 0 Å². The molecule has 0 atom stereocenters. The quantitative estimate of drug-likeness (QED) is 0.826. The third-order valence-corrected chi connectivity index (χ3v) is 5.41. The van der Waals surface area contributed by atoms with E-state index in [2.05, 4.69) is 9.71 Å². The Balaban J connectivity index is 1.96. The fourth-order valence-corrected chi connectivity index (χ4v) is 4.27. The van der Waals surface area contributed by atoms with E-state index in [4.69, 9.17) is 5.73 Å². The molecule has 1 aromatic heterocycles. The minimum atomic E-state index is -3.32. The molecule has 0 amide bonds. The van der Waals surface area contributed by atoms with Gasteiger partial charge in [-0.15, -0.1) is 0 Å². The molecule has 0 saturated heterocycles. The van der Waals surface area contributed by atoms with Crippen LogP contribution < -0.4 is 10.5 Å². The van der Waals surface area contributed by atoms with Gasteiger partial charge in [-0.1, -0.05) is 25.3 Å². The van der Waals surface area contributed by atoms with Crippen molar-refractivity contribution in [3.8, 4) is 0 Å². The van der Waals surface area contributed by atoms with Gasteiger partial charge in [0.2, 0.25) is 10.0 Å². The number of aromatic nitrogens is 1. The summed E-state index contributed by atoms with van der Waals surface area (Å²) in [7, 11) is -3.32. The molecule has 112 valence electrons. The summed E-state index contributed by atoms with van der Waals surface area (Å²) in [4.78, 5) is 4.15. The monoisotopic (exact) mass is 297 g/mol. The van der Waals surface area contributed by atoms with Crippen molar-refractivity contribution >= 4 is 10.0 Å². The van der Waals surface area contributed by atoms with Gasteiger partial charge in [-0.3, -0.25) is 4.98 Å². The van der Waals surface area contributed by atoms with Crippen molar-refractivity contribution in [2.24, 2.45) is 5.73 Å². The summed E-state index contributed by atoms with van der Waals surface area (Å²) in [6, 6.07) is 5.53. The molecule has 1 aliphatic carbocycles. The van der Waals surface area contributed by atoms with Gasteiger partial charge in [-0.25, -0.2) is 13.1 Å². The minimum absolute atomic E-state index is 0.0613. The molecule has 2 rings (SSSR count). The normalized spacial score (nSPS) is 18.9. The zero-order chi connectivity index (χ0) is 14.5. The second-order valence-corrected chi connectivity index (χ2v) is 7.38. The van der Waals surface area contributed by atoms with Gasteiger partial charge < -0.3 is 5.73 Å². The SMILES string of the molecule is NCC1(NS(=O)(=O)CCc2ccccn2)CCCCC1. The van der Waals surface area contributed by atoms with Crippen LogP contribution in [0.25, 0.3) is 0 Å². The second-order valence-electron chi connectivity index (χ2n) is 5.54. The highest BCUT2D eigenvalue weighted by Crippen LogP contribution is 2.28. The Morgan fingerprint density at radius 2 is 2.00 bits per heavy atom. The minimum Gasteiger partial charge on any atom is -0.329 e. The van der Waals surface area contributed by atoms with Gasteiger partial charge in [-0.2, -0.15) is 0 Å². The lowest BCUT2D eigenvalue weighted by Crippen LogP contribution is -2.55. The smallest absolute Gasteiger partial charge is 0.212 e. The first-order chi connectivity index (χ1) is 9.55. The molecule has 0 bridgehead atoms. The van der Waals surface area contributed by atoms with Crippen molar-refractivity contribution in [1.29, 1.82) is 0 Å². The number of nitrogens with zero attached hydrogens (tertiary/aromatic N) is 1. The Bertz CT molecular complexity index is 510. The number of aryl methyl sites for hydroxylation is 1. The fourth-order valence-electron chi connectivity index (χ4n) is 2.74. The first-order valence-corrected chi connectivity index (χ1v) is 8.82. The summed E-state index contributed by atoms with van der Waals surface area (Å²) in [6.07, 6.45) is 7.03. The van der Waals surface area contributed by atoms with Crippen molar-refractivity contribution in [3.63, 3.8) is 0 Å². The maximum Gasteiger partial charge on any atom is 0.212 e. The van der Waals surface area contributed by atoms with Crippen LogP contribution in [-0.2, 0) is 16.4 Å². The zero-order valence-electron chi connectivity index (χ0n) is 11.7. The average Bonchev–Trinajstić information content (AvgIpc) is 2.47. The number of hydrogen-bond acceptors (Lipinski definition) is 4. The Labute approximate surface area is 121 Å². The predicted molar refractivity (Wildman–Crippen MR) is 79.7 cm³/mol. The molecule has 6 heteroatoms. The molecule has 1 aliphatic rings. The Morgan fingerprint density at radius 1 is 1.25 bits per heavy atom. The lowest BCUT2D eigenvalue weighted by molar-refractivity contribution is 0.276. The summed E-state index contributed by atoms with van der Waals surface area (Å²) >= 11 is 0. The molecule has 1 aromatic rings. The average molecular weight is 297 g/mol. The van der Waals surface area contributed by atoms with E-state index in [0.29, 0.717) is 13.0 Å². The van der Waals surface area contributed by atoms with Crippen LogP contribution in [0, 0.1) is 0 Å². The largest absolute Gasteiger partial charge is 0.329 e. The molecule has 0 aromatic carbocycles. The van der Waals surface area contributed by atoms with Crippen LogP contribution in [0.1, 0.15) is 37.8 Å². The molecular weight excluding hydrogens is 274 g/mol. The van der Waals surface area contributed by atoms with Crippen LogP contribution in [0.5, 0.6) is 0 Å². The molecule has 0 aliphatic heterocycles. The van der Waals surface area contributed by atoms with Crippen LogP contribution in [0.2, 0.25) is 0 Å². The van der Waals surface area contributed by atoms with E-state index in [-0.39, 0.29) is 5.75 Å². The lowest BCUT2D eigenvalue weighted by atomic mass is 9.83. The number of hydrogen-bond donors (Lipinski definition) is 2. The second kappa shape index (κ2) is 6.65. The summed E-state index contributed by atoms with van der Waals surface area (Å²) in [5, 5.41) is 0. The molecule has 20 heavy (non-hydrogen) atoms. The van der Waals surface area contributed by atoms with E-state index >= 15 is 0 Å². The molecule has 0 unspecified atom stereocenters. The first kappa shape index (κ1) is 15.4. The van der Waals surface area contributed by atoms with Gasteiger partial charge in [-0.05, 0) is 25.0 Å². The molecular formula is C14H23N3O2S. The molecule has 0 radical (unpaired) electrons. The van der Waals surface area contributed by atoms with E-state index in [1.807, 2.05) is 18.2 Å². The van der Waals surface area contributed by atoms with Crippen LogP contribution >= 0.6 is 0 Å². The summed E-state index contributed by atoms with van der Waals surface area (Å²) in [5.41, 5.74) is 6.18. The third kappa shape index (κ3) is 4.26. The Kier molecular flexibility index (Phi) is 5.12. The number of nitrogens with one attached hydrogen (secondary N) is 1. The van der Waals surface area contributed by atoms with Crippen LogP contribution in [0.15, 0.2) is 24.4 Å². The Morgan fingerprint density at radius 3 is 2.60 bits per heavy atom. The van der Waals surface area contributed by atoms with Gasteiger partial charge in [0.25, 0.3) is 0 Å². The van der Waals surface area contributed by atoms with Gasteiger partial charge >= 0.3 is 0 Å². The van der Waals surface area contributed by atoms with E-state index in [1.54, 1.807) is 6.20 Å². The molecule has 5 nitrogen and oxygen atoms in total. The summed E-state index contributed by atoms with van der Waals surface area (Å²) in [5.74, 6) is 0.0613. The number of pyridine rings is 1. The number of sulfonamides is 1. The molecule has 1 fully saturated rings. The number of rotatable bonds is 6. The fraction of sp³-hybridized carbons (Fsp3) is 0.643. The highest BCUT2D eigenvalue weighted by Gasteiger charge is 2.34. The Hall–Kier alpha value is -0.980. The van der Waals surface area contributed by atoms with Crippen molar-refractivity contribution in [2.45, 2.75) is 44.1 Å².